The van der Waals surface area contributed by atoms with Crippen LogP contribution in [0.25, 0.3) is 10.9 Å². The van der Waals surface area contributed by atoms with Gasteiger partial charge in [-0.25, -0.2) is 4.79 Å². The van der Waals surface area contributed by atoms with Gasteiger partial charge in [0.25, 0.3) is 0 Å². The number of thioether (sulfide) groups is 1. The van der Waals surface area contributed by atoms with Crippen LogP contribution in [0.4, 0.5) is 0 Å². The molecule has 0 radical (unpaired) electrons. The van der Waals surface area contributed by atoms with E-state index in [1.165, 1.54) is 4.90 Å². The molecule has 0 saturated carbocycles. The van der Waals surface area contributed by atoms with Crippen LogP contribution in [-0.2, 0) is 30.4 Å². The number of carbonyl (C=O) groups is 5. The monoisotopic (exact) mass is 561 g/mol. The minimum atomic E-state index is -1.45. The molecule has 0 spiro atoms. The minimum absolute atomic E-state index is 0.0424. The molecule has 2 heterocycles. The molecule has 39 heavy (non-hydrogen) atoms. The zero-order valence-electron chi connectivity index (χ0n) is 21.7. The van der Waals surface area contributed by atoms with E-state index in [2.05, 4.69) is 15.6 Å². The van der Waals surface area contributed by atoms with Crippen LogP contribution in [0, 0.1) is 0 Å². The van der Waals surface area contributed by atoms with Crippen molar-refractivity contribution in [3.63, 3.8) is 0 Å². The zero-order valence-corrected chi connectivity index (χ0v) is 22.5. The van der Waals surface area contributed by atoms with Gasteiger partial charge >= 0.3 is 11.9 Å². The summed E-state index contributed by atoms with van der Waals surface area (Å²) in [6.07, 6.45) is 4.39. The Bertz CT molecular complexity index is 1200. The second-order valence-corrected chi connectivity index (χ2v) is 10.5. The molecule has 12 nitrogen and oxygen atoms in total. The van der Waals surface area contributed by atoms with Gasteiger partial charge in [-0.15, -0.1) is 0 Å². The zero-order chi connectivity index (χ0) is 28.5. The Balaban J connectivity index is 1.81. The van der Waals surface area contributed by atoms with E-state index in [4.69, 9.17) is 10.8 Å². The van der Waals surface area contributed by atoms with Crippen molar-refractivity contribution in [2.45, 2.75) is 62.7 Å². The number of benzene rings is 1. The number of carbonyl (C=O) groups excluding carboxylic acids is 3. The van der Waals surface area contributed by atoms with Gasteiger partial charge in [0.1, 0.15) is 18.1 Å². The number of carboxylic acid groups (broad SMARTS) is 2. The first-order valence-corrected chi connectivity index (χ1v) is 14.2. The third kappa shape index (κ3) is 7.96. The maximum Gasteiger partial charge on any atom is 0.326 e. The van der Waals surface area contributed by atoms with E-state index < -0.39 is 54.3 Å². The first-order chi connectivity index (χ1) is 18.6. The Morgan fingerprint density at radius 2 is 1.87 bits per heavy atom. The number of aliphatic carboxylic acids is 2. The van der Waals surface area contributed by atoms with Crippen LogP contribution in [0.5, 0.6) is 0 Å². The lowest BCUT2D eigenvalue weighted by atomic mass is 10.0. The van der Waals surface area contributed by atoms with Crippen LogP contribution in [0.3, 0.4) is 0 Å². The third-order valence-electron chi connectivity index (χ3n) is 6.78. The summed E-state index contributed by atoms with van der Waals surface area (Å²) in [6.45, 7) is 0.374. The fourth-order valence-electron chi connectivity index (χ4n) is 4.68. The maximum atomic E-state index is 13.4. The number of para-hydroxylation sites is 1. The van der Waals surface area contributed by atoms with Crippen molar-refractivity contribution in [1.29, 1.82) is 0 Å². The number of nitrogens with one attached hydrogen (secondary N) is 3. The highest BCUT2D eigenvalue weighted by molar-refractivity contribution is 7.98. The van der Waals surface area contributed by atoms with Crippen molar-refractivity contribution in [2.24, 2.45) is 5.73 Å². The number of amides is 3. The van der Waals surface area contributed by atoms with Gasteiger partial charge in [0.05, 0.1) is 6.04 Å². The predicted octanol–water partition coefficient (Wildman–Crippen LogP) is 0.701. The van der Waals surface area contributed by atoms with E-state index >= 15 is 0 Å². The fraction of sp³-hybridized carbons (Fsp3) is 0.500. The van der Waals surface area contributed by atoms with Crippen molar-refractivity contribution in [1.82, 2.24) is 20.5 Å². The molecule has 0 bridgehead atoms. The predicted molar refractivity (Wildman–Crippen MR) is 146 cm³/mol. The van der Waals surface area contributed by atoms with Crippen molar-refractivity contribution in [3.8, 4) is 0 Å². The molecule has 212 valence electrons. The molecule has 7 N–H and O–H groups in total. The van der Waals surface area contributed by atoms with Crippen LogP contribution >= 0.6 is 11.8 Å². The molecule has 0 aliphatic carbocycles. The molecule has 3 rings (SSSR count). The summed E-state index contributed by atoms with van der Waals surface area (Å²) in [5.74, 6) is -3.49. The summed E-state index contributed by atoms with van der Waals surface area (Å²) in [5, 5.41) is 24.4. The highest BCUT2D eigenvalue weighted by Crippen LogP contribution is 2.22. The highest BCUT2D eigenvalue weighted by atomic mass is 32.2. The second kappa shape index (κ2) is 14.0. The molecule has 1 aliphatic heterocycles. The first kappa shape index (κ1) is 30.0. The molecule has 4 atom stereocenters. The lowest BCUT2D eigenvalue weighted by molar-refractivity contribution is -0.144. The van der Waals surface area contributed by atoms with Crippen molar-refractivity contribution < 1.29 is 34.2 Å². The normalized spacial score (nSPS) is 17.4. The second-order valence-electron chi connectivity index (χ2n) is 9.53. The lowest BCUT2D eigenvalue weighted by Crippen LogP contribution is -2.57. The van der Waals surface area contributed by atoms with E-state index in [-0.39, 0.29) is 18.7 Å². The van der Waals surface area contributed by atoms with Crippen molar-refractivity contribution in [3.05, 3.63) is 36.0 Å². The molecule has 3 amide bonds. The molecule has 1 aliphatic rings. The minimum Gasteiger partial charge on any atom is -0.481 e. The van der Waals surface area contributed by atoms with E-state index in [1.54, 1.807) is 18.0 Å². The van der Waals surface area contributed by atoms with Gasteiger partial charge in [-0.3, -0.25) is 19.2 Å². The van der Waals surface area contributed by atoms with Gasteiger partial charge in [0.2, 0.25) is 17.7 Å². The number of rotatable bonds is 14. The van der Waals surface area contributed by atoms with E-state index in [9.17, 15) is 29.1 Å². The molecule has 1 fully saturated rings. The number of aromatic nitrogens is 1. The Labute approximate surface area is 230 Å². The van der Waals surface area contributed by atoms with Crippen LogP contribution in [-0.4, -0.2) is 92.5 Å². The van der Waals surface area contributed by atoms with E-state index in [1.807, 2.05) is 30.5 Å². The Morgan fingerprint density at radius 1 is 1.13 bits per heavy atom. The molecular weight excluding hydrogens is 526 g/mol. The van der Waals surface area contributed by atoms with Crippen LogP contribution < -0.4 is 16.4 Å². The summed E-state index contributed by atoms with van der Waals surface area (Å²) < 4.78 is 0. The number of likely N-dealkylation sites (tertiary alicyclic amines) is 1. The van der Waals surface area contributed by atoms with Gasteiger partial charge in [0.15, 0.2) is 0 Å². The van der Waals surface area contributed by atoms with Gasteiger partial charge in [0, 0.05) is 36.5 Å². The molecule has 4 unspecified atom stereocenters. The standard InChI is InChI=1S/C26H35N5O7S/c1-39-12-10-17(27)25(36)31-11-4-7-21(31)24(35)30-20(13-15-14-28-18-6-3-2-5-16(15)18)23(34)29-19(26(37)38)8-9-22(32)33/h2-3,5-6,14,17,19-21,28H,4,7-13,27H2,1H3,(H,29,34)(H,30,35)(H,32,33)(H,37,38). The molecule has 13 heteroatoms. The smallest absolute Gasteiger partial charge is 0.326 e. The molecular formula is C26H35N5O7S. The summed E-state index contributed by atoms with van der Waals surface area (Å²) >= 11 is 1.57. The largest absolute Gasteiger partial charge is 0.481 e. The van der Waals surface area contributed by atoms with Gasteiger partial charge in [-0.05, 0) is 49.3 Å². The first-order valence-electron chi connectivity index (χ1n) is 12.8. The number of hydrogen-bond donors (Lipinski definition) is 6. The van der Waals surface area contributed by atoms with Crippen LogP contribution in [0.2, 0.25) is 0 Å². The van der Waals surface area contributed by atoms with E-state index in [0.717, 1.165) is 16.5 Å². The number of nitrogens with zero attached hydrogens (tertiary/aromatic N) is 1. The summed E-state index contributed by atoms with van der Waals surface area (Å²) in [6, 6.07) is 3.24. The van der Waals surface area contributed by atoms with E-state index in [0.29, 0.717) is 31.6 Å². The lowest BCUT2D eigenvalue weighted by Gasteiger charge is -2.28. The van der Waals surface area contributed by atoms with Crippen molar-refractivity contribution >= 4 is 52.3 Å². The molecule has 1 saturated heterocycles. The third-order valence-corrected chi connectivity index (χ3v) is 7.43. The van der Waals surface area contributed by atoms with Gasteiger partial charge in [-0.1, -0.05) is 18.2 Å². The number of nitrogens with two attached hydrogens (primary N) is 1. The maximum absolute atomic E-state index is 13.4. The average molecular weight is 562 g/mol. The molecule has 2 aromatic rings. The Kier molecular flexibility index (Phi) is 10.8. The number of fused-ring (bicyclic) bond motifs is 1. The summed E-state index contributed by atoms with van der Waals surface area (Å²) in [4.78, 5) is 66.9. The SMILES string of the molecule is CSCCC(N)C(=O)N1CCCC1C(=O)NC(Cc1c[nH]c2ccccc12)C(=O)NC(CCC(=O)O)C(=O)O. The van der Waals surface area contributed by atoms with Crippen LogP contribution in [0.1, 0.15) is 37.7 Å². The Hall–Kier alpha value is -3.58. The Morgan fingerprint density at radius 3 is 2.56 bits per heavy atom. The number of hydrogen-bond acceptors (Lipinski definition) is 7. The molecule has 1 aromatic carbocycles. The fourth-order valence-corrected chi connectivity index (χ4v) is 5.17. The summed E-state index contributed by atoms with van der Waals surface area (Å²) in [5.41, 5.74) is 7.62. The van der Waals surface area contributed by atoms with Gasteiger partial charge < -0.3 is 36.5 Å². The quantitative estimate of drug-likeness (QED) is 0.192. The van der Waals surface area contributed by atoms with Gasteiger partial charge in [-0.2, -0.15) is 11.8 Å². The van der Waals surface area contributed by atoms with Crippen LogP contribution in [0.15, 0.2) is 30.5 Å². The average Bonchev–Trinajstić information content (AvgIpc) is 3.56. The number of carboxylic acids is 2. The van der Waals surface area contributed by atoms with Crippen molar-refractivity contribution in [2.75, 3.05) is 18.6 Å². The topological polar surface area (TPSA) is 195 Å². The molecule has 1 aromatic heterocycles. The summed E-state index contributed by atoms with van der Waals surface area (Å²) in [7, 11) is 0. The highest BCUT2D eigenvalue weighted by Gasteiger charge is 2.38. The number of aromatic amines is 1. The number of H-pyrrole nitrogens is 1.